The summed E-state index contributed by atoms with van der Waals surface area (Å²) < 4.78 is 4.28. The minimum Gasteiger partial charge on any atom is -0.333 e. The molecule has 1 aromatic heterocycles. The number of carbonyl (C=O) groups is 2. The molecule has 0 saturated carbocycles. The smallest absolute Gasteiger partial charge is 0.245 e. The van der Waals surface area contributed by atoms with Gasteiger partial charge in [-0.1, -0.05) is 36.8 Å². The van der Waals surface area contributed by atoms with Crippen molar-refractivity contribution >= 4 is 28.5 Å². The van der Waals surface area contributed by atoms with E-state index in [0.29, 0.717) is 30.3 Å². The molecule has 0 unspecified atom stereocenters. The number of hydrogen-bond acceptors (Lipinski definition) is 5. The van der Waals surface area contributed by atoms with E-state index in [1.54, 1.807) is 4.90 Å². The summed E-state index contributed by atoms with van der Waals surface area (Å²) in [6.07, 6.45) is 4.09. The maximum atomic E-state index is 12.1. The van der Waals surface area contributed by atoms with Crippen LogP contribution in [0.1, 0.15) is 37.1 Å². The van der Waals surface area contributed by atoms with E-state index in [0.717, 1.165) is 24.8 Å². The van der Waals surface area contributed by atoms with Crippen LogP contribution >= 0.6 is 11.5 Å². The highest BCUT2D eigenvalue weighted by Gasteiger charge is 2.19. The number of benzene rings is 1. The second kappa shape index (κ2) is 8.01. The molecule has 2 heterocycles. The number of anilines is 1. The van der Waals surface area contributed by atoms with Crippen LogP contribution in [-0.4, -0.2) is 39.2 Å². The van der Waals surface area contributed by atoms with E-state index in [9.17, 15) is 9.59 Å². The third-order valence-electron chi connectivity index (χ3n) is 3.93. The molecule has 0 spiro atoms. The molecular formula is C17H20N4O2S. The van der Waals surface area contributed by atoms with Gasteiger partial charge >= 0.3 is 0 Å². The first-order valence-corrected chi connectivity index (χ1v) is 8.92. The molecule has 6 nitrogen and oxygen atoms in total. The van der Waals surface area contributed by atoms with Gasteiger partial charge in [-0.15, -0.1) is 0 Å². The molecule has 3 rings (SSSR count). The fourth-order valence-corrected chi connectivity index (χ4v) is 3.30. The van der Waals surface area contributed by atoms with Crippen molar-refractivity contribution in [3.05, 3.63) is 41.7 Å². The minimum atomic E-state index is -0.215. The van der Waals surface area contributed by atoms with Gasteiger partial charge in [0, 0.05) is 30.9 Å². The van der Waals surface area contributed by atoms with Crippen LogP contribution < -0.4 is 5.32 Å². The predicted octanol–water partition coefficient (Wildman–Crippen LogP) is 2.47. The monoisotopic (exact) mass is 344 g/mol. The Morgan fingerprint density at radius 3 is 2.88 bits per heavy atom. The Morgan fingerprint density at radius 1 is 1.21 bits per heavy atom. The van der Waals surface area contributed by atoms with E-state index in [-0.39, 0.29) is 18.4 Å². The maximum absolute atomic E-state index is 12.1. The topological polar surface area (TPSA) is 75.2 Å². The number of likely N-dealkylation sites (tertiary alicyclic amines) is 1. The van der Waals surface area contributed by atoms with Crippen LogP contribution in [-0.2, 0) is 16.0 Å². The minimum absolute atomic E-state index is 0.0599. The van der Waals surface area contributed by atoms with Gasteiger partial charge in [0.15, 0.2) is 0 Å². The fourth-order valence-electron chi connectivity index (χ4n) is 2.69. The Hall–Kier alpha value is -2.28. The lowest BCUT2D eigenvalue weighted by Crippen LogP contribution is -2.37. The first-order valence-electron chi connectivity index (χ1n) is 8.15. The highest BCUT2D eigenvalue weighted by molar-refractivity contribution is 7.09. The number of aromatic nitrogens is 2. The van der Waals surface area contributed by atoms with Gasteiger partial charge in [-0.05, 0) is 18.4 Å². The van der Waals surface area contributed by atoms with Crippen molar-refractivity contribution in [2.75, 3.05) is 18.4 Å². The zero-order valence-electron chi connectivity index (χ0n) is 13.4. The number of amides is 2. The van der Waals surface area contributed by atoms with E-state index >= 15 is 0 Å². The molecule has 0 atom stereocenters. The molecule has 2 aromatic rings. The predicted molar refractivity (Wildman–Crippen MR) is 92.8 cm³/mol. The van der Waals surface area contributed by atoms with Gasteiger partial charge in [0.1, 0.15) is 5.82 Å². The van der Waals surface area contributed by atoms with Crippen LogP contribution in [0.3, 0.4) is 0 Å². The van der Waals surface area contributed by atoms with E-state index in [1.165, 1.54) is 11.5 Å². The van der Waals surface area contributed by atoms with Crippen molar-refractivity contribution in [1.29, 1.82) is 0 Å². The second-order valence-electron chi connectivity index (χ2n) is 5.85. The molecule has 24 heavy (non-hydrogen) atoms. The van der Waals surface area contributed by atoms with Crippen molar-refractivity contribution in [3.63, 3.8) is 0 Å². The van der Waals surface area contributed by atoms with E-state index in [4.69, 9.17) is 0 Å². The summed E-state index contributed by atoms with van der Waals surface area (Å²) in [5.41, 5.74) is 1.13. The zero-order chi connectivity index (χ0) is 16.8. The molecule has 0 radical (unpaired) electrons. The summed E-state index contributed by atoms with van der Waals surface area (Å²) in [5.74, 6) is 0.532. The molecule has 0 bridgehead atoms. The molecule has 1 aliphatic rings. The first kappa shape index (κ1) is 16.6. The normalized spacial score (nSPS) is 15.2. The molecule has 1 saturated heterocycles. The first-order chi connectivity index (χ1) is 11.7. The summed E-state index contributed by atoms with van der Waals surface area (Å²) in [5, 5.41) is 3.23. The SMILES string of the molecule is O=C(CN1CCCCCC1=O)Nc1nc(Cc2ccccc2)ns1. The van der Waals surface area contributed by atoms with Gasteiger partial charge in [-0.25, -0.2) is 4.98 Å². The van der Waals surface area contributed by atoms with Crippen molar-refractivity contribution in [2.45, 2.75) is 32.1 Å². The molecule has 1 aromatic carbocycles. The fraction of sp³-hybridized carbons (Fsp3) is 0.412. The second-order valence-corrected chi connectivity index (χ2v) is 6.60. The standard InChI is InChI=1S/C17H20N4O2S/c22-15(12-21-10-6-2-5-9-16(21)23)19-17-18-14(20-24-17)11-13-7-3-1-4-8-13/h1,3-4,7-8H,2,5-6,9-12H2,(H,18,19,20,22). The van der Waals surface area contributed by atoms with E-state index in [2.05, 4.69) is 14.7 Å². The summed E-state index contributed by atoms with van der Waals surface area (Å²) in [6.45, 7) is 0.744. The number of nitrogens with zero attached hydrogens (tertiary/aromatic N) is 3. The Bertz CT molecular complexity index is 702. The third-order valence-corrected chi connectivity index (χ3v) is 4.59. The van der Waals surface area contributed by atoms with Gasteiger partial charge in [0.25, 0.3) is 0 Å². The quantitative estimate of drug-likeness (QED) is 0.904. The molecule has 0 aliphatic carbocycles. The van der Waals surface area contributed by atoms with Gasteiger partial charge < -0.3 is 4.90 Å². The third kappa shape index (κ3) is 4.61. The van der Waals surface area contributed by atoms with Gasteiger partial charge in [0.2, 0.25) is 16.9 Å². The Balaban J connectivity index is 1.54. The number of carbonyl (C=O) groups excluding carboxylic acids is 2. The van der Waals surface area contributed by atoms with Gasteiger partial charge in [0.05, 0.1) is 6.54 Å². The van der Waals surface area contributed by atoms with Crippen LogP contribution in [0.5, 0.6) is 0 Å². The lowest BCUT2D eigenvalue weighted by atomic mass is 10.1. The molecule has 1 N–H and O–H groups in total. The summed E-state index contributed by atoms with van der Waals surface area (Å²) >= 11 is 1.17. The summed E-state index contributed by atoms with van der Waals surface area (Å²) in [6, 6.07) is 9.95. The zero-order valence-corrected chi connectivity index (χ0v) is 14.2. The molecule has 126 valence electrons. The Labute approximate surface area is 145 Å². The summed E-state index contributed by atoms with van der Waals surface area (Å²) in [7, 11) is 0. The van der Waals surface area contributed by atoms with E-state index < -0.39 is 0 Å². The molecular weight excluding hydrogens is 324 g/mol. The highest BCUT2D eigenvalue weighted by atomic mass is 32.1. The van der Waals surface area contributed by atoms with Crippen LogP contribution in [0.25, 0.3) is 0 Å². The number of hydrogen-bond donors (Lipinski definition) is 1. The van der Waals surface area contributed by atoms with Crippen molar-refractivity contribution in [2.24, 2.45) is 0 Å². The lowest BCUT2D eigenvalue weighted by Gasteiger charge is -2.19. The molecule has 1 fully saturated rings. The van der Waals surface area contributed by atoms with Gasteiger partial charge in [-0.3, -0.25) is 14.9 Å². The molecule has 7 heteroatoms. The van der Waals surface area contributed by atoms with Crippen molar-refractivity contribution in [3.8, 4) is 0 Å². The average Bonchev–Trinajstić information content (AvgIpc) is 2.90. The highest BCUT2D eigenvalue weighted by Crippen LogP contribution is 2.15. The number of nitrogens with one attached hydrogen (secondary N) is 1. The van der Waals surface area contributed by atoms with Crippen molar-refractivity contribution in [1.82, 2.24) is 14.3 Å². The van der Waals surface area contributed by atoms with Crippen LogP contribution in [0.4, 0.5) is 5.13 Å². The average molecular weight is 344 g/mol. The Kier molecular flexibility index (Phi) is 5.53. The molecule has 2 amide bonds. The van der Waals surface area contributed by atoms with Crippen molar-refractivity contribution < 1.29 is 9.59 Å². The largest absolute Gasteiger partial charge is 0.333 e. The van der Waals surface area contributed by atoms with Crippen LogP contribution in [0, 0.1) is 0 Å². The summed E-state index contributed by atoms with van der Waals surface area (Å²) in [4.78, 5) is 30.1. The van der Waals surface area contributed by atoms with Gasteiger partial charge in [-0.2, -0.15) is 4.37 Å². The maximum Gasteiger partial charge on any atom is 0.245 e. The number of rotatable bonds is 5. The van der Waals surface area contributed by atoms with Crippen LogP contribution in [0.2, 0.25) is 0 Å². The molecule has 1 aliphatic heterocycles. The lowest BCUT2D eigenvalue weighted by molar-refractivity contribution is -0.134. The van der Waals surface area contributed by atoms with E-state index in [1.807, 2.05) is 30.3 Å². The Morgan fingerprint density at radius 2 is 2.04 bits per heavy atom. The van der Waals surface area contributed by atoms with Crippen LogP contribution in [0.15, 0.2) is 30.3 Å².